The van der Waals surface area contributed by atoms with E-state index in [1.165, 1.54) is 24.3 Å². The smallest absolute Gasteiger partial charge is 0.342 e. The lowest BCUT2D eigenvalue weighted by Gasteiger charge is -2.08. The van der Waals surface area contributed by atoms with Gasteiger partial charge >= 0.3 is 5.97 Å². The van der Waals surface area contributed by atoms with Gasteiger partial charge in [0.15, 0.2) is 11.0 Å². The molecule has 0 atom stereocenters. The summed E-state index contributed by atoms with van der Waals surface area (Å²) in [7, 11) is 0. The Kier molecular flexibility index (Phi) is 6.28. The van der Waals surface area contributed by atoms with Gasteiger partial charge in [-0.05, 0) is 67.2 Å². The summed E-state index contributed by atoms with van der Waals surface area (Å²) in [5.41, 5.74) is 1.12. The molecule has 9 heteroatoms. The van der Waals surface area contributed by atoms with Gasteiger partial charge in [-0.3, -0.25) is 0 Å². The first-order chi connectivity index (χ1) is 13.4. The molecule has 28 heavy (non-hydrogen) atoms. The number of aliphatic carboxylic acids is 1. The highest BCUT2D eigenvalue weighted by Gasteiger charge is 2.18. The molecule has 6 nitrogen and oxygen atoms in total. The third-order valence-electron chi connectivity index (χ3n) is 3.82. The summed E-state index contributed by atoms with van der Waals surface area (Å²) in [5, 5.41) is 29.3. The highest BCUT2D eigenvalue weighted by molar-refractivity contribution is 8.04. The minimum Gasteiger partial charge on any atom is -0.507 e. The number of phenols is 1. The molecule has 0 aliphatic rings. The van der Waals surface area contributed by atoms with Gasteiger partial charge in [0, 0.05) is 27.7 Å². The Bertz CT molecular complexity index is 1050. The lowest BCUT2D eigenvalue weighted by atomic mass is 10.2. The zero-order chi connectivity index (χ0) is 20.3. The first kappa shape index (κ1) is 20.3. The maximum Gasteiger partial charge on any atom is 0.342 e. The molecule has 0 unspecified atom stereocenters. The molecule has 0 radical (unpaired) electrons. The summed E-state index contributed by atoms with van der Waals surface area (Å²) in [4.78, 5) is 11.7. The van der Waals surface area contributed by atoms with E-state index in [2.05, 4.69) is 10.2 Å². The lowest BCUT2D eigenvalue weighted by molar-refractivity contribution is -0.131. The van der Waals surface area contributed by atoms with Gasteiger partial charge in [-0.1, -0.05) is 23.2 Å². The van der Waals surface area contributed by atoms with Crippen molar-refractivity contribution in [1.82, 2.24) is 14.8 Å². The van der Waals surface area contributed by atoms with Crippen LogP contribution in [-0.2, 0) is 11.3 Å². The SMILES string of the molecule is CCn1c(S/C(=C\c2cc(Cl)ccc2O)C(=O)O)nnc1-c1ccc(Cl)cc1. The van der Waals surface area contributed by atoms with Crippen molar-refractivity contribution in [3.05, 3.63) is 63.0 Å². The average Bonchev–Trinajstić information content (AvgIpc) is 3.07. The fourth-order valence-electron chi connectivity index (χ4n) is 2.48. The number of phenolic OH excluding ortho intramolecular Hbond substituents is 1. The van der Waals surface area contributed by atoms with Crippen LogP contribution in [0.4, 0.5) is 0 Å². The number of carboxylic acid groups (broad SMARTS) is 1. The summed E-state index contributed by atoms with van der Waals surface area (Å²) < 4.78 is 1.81. The Morgan fingerprint density at radius 2 is 1.82 bits per heavy atom. The predicted molar refractivity (Wildman–Crippen MR) is 111 cm³/mol. The maximum absolute atomic E-state index is 11.7. The number of aromatic nitrogens is 3. The highest BCUT2D eigenvalue weighted by atomic mass is 35.5. The number of rotatable bonds is 6. The van der Waals surface area contributed by atoms with Crippen LogP contribution in [-0.4, -0.2) is 30.9 Å². The molecule has 1 heterocycles. The third-order valence-corrected chi connectivity index (χ3v) is 5.31. The van der Waals surface area contributed by atoms with Crippen LogP contribution in [0, 0.1) is 0 Å². The minimum absolute atomic E-state index is 0.0256. The van der Waals surface area contributed by atoms with Crippen molar-refractivity contribution in [2.24, 2.45) is 0 Å². The molecule has 0 bridgehead atoms. The third kappa shape index (κ3) is 4.49. The Morgan fingerprint density at radius 3 is 2.46 bits per heavy atom. The Balaban J connectivity index is 1.98. The summed E-state index contributed by atoms with van der Waals surface area (Å²) in [6.45, 7) is 2.46. The van der Waals surface area contributed by atoms with E-state index < -0.39 is 5.97 Å². The van der Waals surface area contributed by atoms with Crippen LogP contribution >= 0.6 is 35.0 Å². The Labute approximate surface area is 175 Å². The molecule has 0 spiro atoms. The summed E-state index contributed by atoms with van der Waals surface area (Å²) in [6, 6.07) is 11.6. The van der Waals surface area contributed by atoms with E-state index in [0.717, 1.165) is 17.3 Å². The first-order valence-electron chi connectivity index (χ1n) is 8.19. The maximum atomic E-state index is 11.7. The second-order valence-electron chi connectivity index (χ2n) is 5.68. The number of hydrogen-bond donors (Lipinski definition) is 2. The quantitative estimate of drug-likeness (QED) is 0.408. The van der Waals surface area contributed by atoms with E-state index in [-0.39, 0.29) is 10.7 Å². The molecule has 0 saturated heterocycles. The van der Waals surface area contributed by atoms with Gasteiger partial charge in [-0.2, -0.15) is 0 Å². The summed E-state index contributed by atoms with van der Waals surface area (Å²) >= 11 is 12.8. The molecule has 0 amide bonds. The molecule has 0 aliphatic carbocycles. The van der Waals surface area contributed by atoms with Crippen LogP contribution < -0.4 is 0 Å². The summed E-state index contributed by atoms with van der Waals surface area (Å²) in [5.74, 6) is -0.609. The van der Waals surface area contributed by atoms with Crippen LogP contribution in [0.15, 0.2) is 52.5 Å². The van der Waals surface area contributed by atoms with Crippen LogP contribution in [0.5, 0.6) is 5.75 Å². The number of thioether (sulfide) groups is 1. The van der Waals surface area contributed by atoms with Gasteiger partial charge in [-0.15, -0.1) is 10.2 Å². The van der Waals surface area contributed by atoms with E-state index in [1.54, 1.807) is 12.1 Å². The lowest BCUT2D eigenvalue weighted by Crippen LogP contribution is -2.02. The molecule has 2 aromatic carbocycles. The predicted octanol–water partition coefficient (Wildman–Crippen LogP) is 5.20. The number of halogens is 2. The number of hydrogen-bond acceptors (Lipinski definition) is 5. The molecule has 0 fully saturated rings. The van der Waals surface area contributed by atoms with Crippen molar-refractivity contribution in [3.8, 4) is 17.1 Å². The molecular formula is C19H15Cl2N3O3S. The fourth-order valence-corrected chi connectivity index (χ4v) is 3.66. The monoisotopic (exact) mass is 435 g/mol. The van der Waals surface area contributed by atoms with E-state index in [9.17, 15) is 15.0 Å². The van der Waals surface area contributed by atoms with E-state index in [1.807, 2.05) is 23.6 Å². The van der Waals surface area contributed by atoms with Gasteiger partial charge in [-0.25, -0.2) is 4.79 Å². The number of carboxylic acids is 1. The fraction of sp³-hybridized carbons (Fsp3) is 0.105. The molecular weight excluding hydrogens is 421 g/mol. The molecule has 0 aliphatic heterocycles. The summed E-state index contributed by atoms with van der Waals surface area (Å²) in [6.07, 6.45) is 1.35. The second kappa shape index (κ2) is 8.68. The zero-order valence-corrected chi connectivity index (χ0v) is 17.0. The molecule has 3 rings (SSSR count). The Hall–Kier alpha value is -2.48. The van der Waals surface area contributed by atoms with Crippen molar-refractivity contribution < 1.29 is 15.0 Å². The largest absolute Gasteiger partial charge is 0.507 e. The van der Waals surface area contributed by atoms with Gasteiger partial charge in [0.05, 0.1) is 0 Å². The van der Waals surface area contributed by atoms with Crippen LogP contribution in [0.2, 0.25) is 10.0 Å². The van der Waals surface area contributed by atoms with Crippen molar-refractivity contribution in [1.29, 1.82) is 0 Å². The van der Waals surface area contributed by atoms with Crippen molar-refractivity contribution in [2.45, 2.75) is 18.6 Å². The molecule has 1 aromatic heterocycles. The van der Waals surface area contributed by atoms with Crippen molar-refractivity contribution >= 4 is 47.0 Å². The number of aromatic hydroxyl groups is 1. The van der Waals surface area contributed by atoms with Crippen LogP contribution in [0.3, 0.4) is 0 Å². The normalized spacial score (nSPS) is 11.6. The second-order valence-corrected chi connectivity index (χ2v) is 7.56. The van der Waals surface area contributed by atoms with Gasteiger partial charge in [0.25, 0.3) is 0 Å². The van der Waals surface area contributed by atoms with Crippen molar-refractivity contribution in [2.75, 3.05) is 0 Å². The average molecular weight is 436 g/mol. The Morgan fingerprint density at radius 1 is 1.14 bits per heavy atom. The van der Waals surface area contributed by atoms with Gasteiger partial charge < -0.3 is 14.8 Å². The van der Waals surface area contributed by atoms with Crippen LogP contribution in [0.1, 0.15) is 12.5 Å². The van der Waals surface area contributed by atoms with Gasteiger partial charge in [0.2, 0.25) is 0 Å². The topological polar surface area (TPSA) is 88.2 Å². The van der Waals surface area contributed by atoms with E-state index in [4.69, 9.17) is 23.2 Å². The zero-order valence-electron chi connectivity index (χ0n) is 14.6. The van der Waals surface area contributed by atoms with Crippen LogP contribution in [0.25, 0.3) is 17.5 Å². The highest BCUT2D eigenvalue weighted by Crippen LogP contribution is 2.32. The van der Waals surface area contributed by atoms with Crippen molar-refractivity contribution in [3.63, 3.8) is 0 Å². The van der Waals surface area contributed by atoms with E-state index >= 15 is 0 Å². The van der Waals surface area contributed by atoms with Gasteiger partial charge in [0.1, 0.15) is 10.7 Å². The number of benzene rings is 2. The molecule has 0 saturated carbocycles. The standard InChI is InChI=1S/C19H15Cl2N3O3S/c1-2-24-17(11-3-5-13(20)6-4-11)22-23-19(24)28-16(18(26)27)10-12-9-14(21)7-8-15(12)25/h3-10,25H,2H2,1H3,(H,26,27)/b16-10-. The number of carbonyl (C=O) groups is 1. The van der Waals surface area contributed by atoms with E-state index in [0.29, 0.717) is 33.1 Å². The molecule has 3 aromatic rings. The number of nitrogens with zero attached hydrogens (tertiary/aromatic N) is 3. The molecule has 2 N–H and O–H groups in total. The first-order valence-corrected chi connectivity index (χ1v) is 9.76. The molecule has 144 valence electrons. The minimum atomic E-state index is -1.15.